The number of carbonyl (C=O) groups is 1. The first-order chi connectivity index (χ1) is 12.2. The van der Waals surface area contributed by atoms with Crippen LogP contribution in [-0.4, -0.2) is 24.6 Å². The number of aromatic nitrogens is 1. The summed E-state index contributed by atoms with van der Waals surface area (Å²) in [6, 6.07) is 17.2. The van der Waals surface area contributed by atoms with Gasteiger partial charge in [-0.05, 0) is 25.1 Å². The van der Waals surface area contributed by atoms with Gasteiger partial charge in [-0.1, -0.05) is 36.4 Å². The second-order valence-electron chi connectivity index (χ2n) is 5.66. The summed E-state index contributed by atoms with van der Waals surface area (Å²) in [6.07, 6.45) is 0. The number of hydrogen-bond donors (Lipinski definition) is 1. The standard InChI is InChI=1S/C20H20N2O3/c1-14-10-11-15-7-5-9-18(20(15)22-14)25-13-19(23)21-12-16-6-3-4-8-17(16)24-2/h3-11H,12-13H2,1-2H3,(H,21,23). The van der Waals surface area contributed by atoms with Crippen LogP contribution in [0.25, 0.3) is 10.9 Å². The van der Waals surface area contributed by atoms with Gasteiger partial charge in [-0.3, -0.25) is 4.79 Å². The molecule has 25 heavy (non-hydrogen) atoms. The van der Waals surface area contributed by atoms with Crippen molar-refractivity contribution in [1.82, 2.24) is 10.3 Å². The highest BCUT2D eigenvalue weighted by Gasteiger charge is 2.08. The van der Waals surface area contributed by atoms with Gasteiger partial charge in [0.15, 0.2) is 6.61 Å². The van der Waals surface area contributed by atoms with E-state index in [2.05, 4.69) is 10.3 Å². The molecule has 5 nitrogen and oxygen atoms in total. The lowest BCUT2D eigenvalue weighted by molar-refractivity contribution is -0.123. The van der Waals surface area contributed by atoms with Crippen molar-refractivity contribution in [2.75, 3.05) is 13.7 Å². The van der Waals surface area contributed by atoms with Gasteiger partial charge in [0.05, 0.1) is 7.11 Å². The molecule has 3 rings (SSSR count). The van der Waals surface area contributed by atoms with Gasteiger partial charge in [0.25, 0.3) is 5.91 Å². The lowest BCUT2D eigenvalue weighted by Gasteiger charge is -2.11. The highest BCUT2D eigenvalue weighted by atomic mass is 16.5. The second kappa shape index (κ2) is 7.66. The minimum atomic E-state index is -0.199. The molecule has 0 unspecified atom stereocenters. The number of ether oxygens (including phenoxy) is 2. The first-order valence-corrected chi connectivity index (χ1v) is 8.05. The molecule has 0 bridgehead atoms. The third-order valence-electron chi connectivity index (χ3n) is 3.85. The summed E-state index contributed by atoms with van der Waals surface area (Å²) >= 11 is 0. The number of amides is 1. The zero-order valence-electron chi connectivity index (χ0n) is 14.3. The molecule has 3 aromatic rings. The Bertz CT molecular complexity index is 893. The summed E-state index contributed by atoms with van der Waals surface area (Å²) in [5.74, 6) is 1.15. The van der Waals surface area contributed by atoms with Gasteiger partial charge in [0.1, 0.15) is 17.0 Å². The number of aryl methyl sites for hydroxylation is 1. The van der Waals surface area contributed by atoms with Crippen molar-refractivity contribution in [3.05, 3.63) is 65.9 Å². The molecular weight excluding hydrogens is 316 g/mol. The second-order valence-corrected chi connectivity index (χ2v) is 5.66. The van der Waals surface area contributed by atoms with Crippen LogP contribution in [0.4, 0.5) is 0 Å². The Labute approximate surface area is 146 Å². The number of nitrogens with zero attached hydrogens (tertiary/aromatic N) is 1. The fraction of sp³-hybridized carbons (Fsp3) is 0.200. The highest BCUT2D eigenvalue weighted by molar-refractivity contribution is 5.85. The quantitative estimate of drug-likeness (QED) is 0.751. The van der Waals surface area contributed by atoms with Crippen molar-refractivity contribution >= 4 is 16.8 Å². The minimum Gasteiger partial charge on any atom is -0.496 e. The monoisotopic (exact) mass is 336 g/mol. The molecule has 0 aliphatic rings. The predicted octanol–water partition coefficient (Wildman–Crippen LogP) is 3.25. The van der Waals surface area contributed by atoms with Crippen molar-refractivity contribution in [3.63, 3.8) is 0 Å². The van der Waals surface area contributed by atoms with Crippen molar-refractivity contribution in [1.29, 1.82) is 0 Å². The zero-order valence-corrected chi connectivity index (χ0v) is 14.3. The van der Waals surface area contributed by atoms with Gasteiger partial charge in [0.2, 0.25) is 0 Å². The summed E-state index contributed by atoms with van der Waals surface area (Å²) in [4.78, 5) is 16.6. The first kappa shape index (κ1) is 16.8. The van der Waals surface area contributed by atoms with Crippen LogP contribution >= 0.6 is 0 Å². The van der Waals surface area contributed by atoms with Gasteiger partial charge < -0.3 is 14.8 Å². The van der Waals surface area contributed by atoms with E-state index >= 15 is 0 Å². The third-order valence-corrected chi connectivity index (χ3v) is 3.85. The SMILES string of the molecule is COc1ccccc1CNC(=O)COc1cccc2ccc(C)nc12. The van der Waals surface area contributed by atoms with Crippen LogP contribution in [0.1, 0.15) is 11.3 Å². The van der Waals surface area contributed by atoms with Gasteiger partial charge in [-0.15, -0.1) is 0 Å². The molecule has 1 aromatic heterocycles. The number of para-hydroxylation sites is 2. The number of pyridine rings is 1. The molecule has 2 aromatic carbocycles. The van der Waals surface area contributed by atoms with E-state index < -0.39 is 0 Å². The Hall–Kier alpha value is -3.08. The van der Waals surface area contributed by atoms with Crippen LogP contribution in [0, 0.1) is 6.92 Å². The van der Waals surface area contributed by atoms with E-state index in [1.165, 1.54) is 0 Å². The summed E-state index contributed by atoms with van der Waals surface area (Å²) in [7, 11) is 1.61. The third kappa shape index (κ3) is 4.07. The van der Waals surface area contributed by atoms with Crippen molar-refractivity contribution < 1.29 is 14.3 Å². The number of benzene rings is 2. The van der Waals surface area contributed by atoms with Crippen molar-refractivity contribution in [3.8, 4) is 11.5 Å². The maximum Gasteiger partial charge on any atom is 0.258 e. The van der Waals surface area contributed by atoms with E-state index in [-0.39, 0.29) is 12.5 Å². The maximum atomic E-state index is 12.1. The summed E-state index contributed by atoms with van der Waals surface area (Å²) in [5.41, 5.74) is 2.59. The van der Waals surface area contributed by atoms with Gasteiger partial charge in [0, 0.05) is 23.2 Å². The van der Waals surface area contributed by atoms with Crippen molar-refractivity contribution in [2.24, 2.45) is 0 Å². The van der Waals surface area contributed by atoms with E-state index in [1.807, 2.05) is 61.5 Å². The predicted molar refractivity (Wildman–Crippen MR) is 96.8 cm³/mol. The van der Waals surface area contributed by atoms with E-state index in [0.29, 0.717) is 12.3 Å². The normalized spacial score (nSPS) is 10.5. The number of nitrogens with one attached hydrogen (secondary N) is 1. The largest absolute Gasteiger partial charge is 0.496 e. The van der Waals surface area contributed by atoms with Gasteiger partial charge >= 0.3 is 0 Å². The van der Waals surface area contributed by atoms with Crippen LogP contribution in [0.15, 0.2) is 54.6 Å². The lowest BCUT2D eigenvalue weighted by Crippen LogP contribution is -2.28. The molecule has 0 radical (unpaired) electrons. The highest BCUT2D eigenvalue weighted by Crippen LogP contribution is 2.23. The van der Waals surface area contributed by atoms with E-state index in [9.17, 15) is 4.79 Å². The number of carbonyl (C=O) groups excluding carboxylic acids is 1. The Kier molecular flexibility index (Phi) is 5.14. The van der Waals surface area contributed by atoms with E-state index in [4.69, 9.17) is 9.47 Å². The first-order valence-electron chi connectivity index (χ1n) is 8.05. The van der Waals surface area contributed by atoms with Crippen molar-refractivity contribution in [2.45, 2.75) is 13.5 Å². The Balaban J connectivity index is 1.62. The summed E-state index contributed by atoms with van der Waals surface area (Å²) in [5, 5.41) is 3.82. The molecule has 0 saturated carbocycles. The molecule has 0 spiro atoms. The zero-order chi connectivity index (χ0) is 17.6. The number of hydrogen-bond acceptors (Lipinski definition) is 4. The average molecular weight is 336 g/mol. The molecule has 128 valence electrons. The Morgan fingerprint density at radius 2 is 1.84 bits per heavy atom. The van der Waals surface area contributed by atoms with Gasteiger partial charge in [-0.25, -0.2) is 4.98 Å². The average Bonchev–Trinajstić information content (AvgIpc) is 2.64. The number of rotatable bonds is 6. The molecule has 0 aliphatic heterocycles. The topological polar surface area (TPSA) is 60.5 Å². The fourth-order valence-electron chi connectivity index (χ4n) is 2.57. The molecule has 1 N–H and O–H groups in total. The lowest BCUT2D eigenvalue weighted by atomic mass is 10.2. The molecule has 5 heteroatoms. The minimum absolute atomic E-state index is 0.0656. The Morgan fingerprint density at radius 1 is 1.04 bits per heavy atom. The Morgan fingerprint density at radius 3 is 2.68 bits per heavy atom. The van der Waals surface area contributed by atoms with Crippen LogP contribution < -0.4 is 14.8 Å². The summed E-state index contributed by atoms with van der Waals surface area (Å²) < 4.78 is 11.0. The fourth-order valence-corrected chi connectivity index (χ4v) is 2.57. The van der Waals surface area contributed by atoms with Crippen LogP contribution in [-0.2, 0) is 11.3 Å². The van der Waals surface area contributed by atoms with Crippen LogP contribution in [0.3, 0.4) is 0 Å². The smallest absolute Gasteiger partial charge is 0.258 e. The van der Waals surface area contributed by atoms with E-state index in [1.54, 1.807) is 7.11 Å². The number of methoxy groups -OCH3 is 1. The number of fused-ring (bicyclic) bond motifs is 1. The molecule has 0 fully saturated rings. The summed E-state index contributed by atoms with van der Waals surface area (Å²) in [6.45, 7) is 2.25. The van der Waals surface area contributed by atoms with Crippen LogP contribution in [0.2, 0.25) is 0 Å². The molecule has 1 heterocycles. The maximum absolute atomic E-state index is 12.1. The molecule has 0 saturated heterocycles. The molecule has 0 aliphatic carbocycles. The molecule has 1 amide bonds. The molecular formula is C20H20N2O3. The van der Waals surface area contributed by atoms with E-state index in [0.717, 1.165) is 27.9 Å². The van der Waals surface area contributed by atoms with Crippen LogP contribution in [0.5, 0.6) is 11.5 Å². The van der Waals surface area contributed by atoms with Gasteiger partial charge in [-0.2, -0.15) is 0 Å². The molecule has 0 atom stereocenters.